The van der Waals surface area contributed by atoms with Crippen LogP contribution in [0.25, 0.3) is 0 Å². The predicted molar refractivity (Wildman–Crippen MR) is 77.3 cm³/mol. The SMILES string of the molecule is CC1CC(c2ccc(F)cc2)CN1c1ccnc(C#N)n1. The molecule has 1 aromatic carbocycles. The van der Waals surface area contributed by atoms with Gasteiger partial charge in [0.05, 0.1) is 0 Å². The molecule has 0 bridgehead atoms. The Hall–Kier alpha value is -2.48. The van der Waals surface area contributed by atoms with Gasteiger partial charge in [-0.1, -0.05) is 12.1 Å². The fourth-order valence-electron chi connectivity index (χ4n) is 2.89. The average Bonchev–Trinajstić information content (AvgIpc) is 2.90. The highest BCUT2D eigenvalue weighted by Crippen LogP contribution is 2.34. The highest BCUT2D eigenvalue weighted by molar-refractivity contribution is 5.43. The Kier molecular flexibility index (Phi) is 3.53. The number of nitrogens with zero attached hydrogens (tertiary/aromatic N) is 4. The molecular formula is C16H15FN4. The maximum absolute atomic E-state index is 13.0. The summed E-state index contributed by atoms with van der Waals surface area (Å²) >= 11 is 0. The van der Waals surface area contributed by atoms with Crippen LogP contribution in [0.3, 0.4) is 0 Å². The molecule has 2 atom stereocenters. The third-order valence-corrected chi connectivity index (χ3v) is 3.95. The summed E-state index contributed by atoms with van der Waals surface area (Å²) in [5.41, 5.74) is 1.14. The molecule has 0 spiro atoms. The first-order valence-corrected chi connectivity index (χ1v) is 6.92. The monoisotopic (exact) mass is 282 g/mol. The normalized spacial score (nSPS) is 21.3. The average molecular weight is 282 g/mol. The third kappa shape index (κ3) is 2.70. The van der Waals surface area contributed by atoms with Gasteiger partial charge in [-0.3, -0.25) is 0 Å². The van der Waals surface area contributed by atoms with Crippen LogP contribution in [0.4, 0.5) is 10.2 Å². The van der Waals surface area contributed by atoms with E-state index in [9.17, 15) is 4.39 Å². The first-order chi connectivity index (χ1) is 10.2. The number of hydrogen-bond acceptors (Lipinski definition) is 4. The largest absolute Gasteiger partial charge is 0.353 e. The van der Waals surface area contributed by atoms with Crippen molar-refractivity contribution in [3.8, 4) is 6.07 Å². The summed E-state index contributed by atoms with van der Waals surface area (Å²) < 4.78 is 13.0. The van der Waals surface area contributed by atoms with E-state index in [0.29, 0.717) is 12.0 Å². The molecule has 1 aliphatic heterocycles. The molecule has 0 amide bonds. The lowest BCUT2D eigenvalue weighted by Gasteiger charge is -2.22. The number of halogens is 1. The molecule has 3 rings (SSSR count). The minimum Gasteiger partial charge on any atom is -0.353 e. The van der Waals surface area contributed by atoms with E-state index in [1.54, 1.807) is 6.20 Å². The fraction of sp³-hybridized carbons (Fsp3) is 0.312. The smallest absolute Gasteiger partial charge is 0.234 e. The molecule has 1 saturated heterocycles. The van der Waals surface area contributed by atoms with Gasteiger partial charge in [0.25, 0.3) is 0 Å². The molecule has 5 heteroatoms. The van der Waals surface area contributed by atoms with Crippen LogP contribution in [0.1, 0.15) is 30.7 Å². The molecular weight excluding hydrogens is 267 g/mol. The van der Waals surface area contributed by atoms with Gasteiger partial charge in [0, 0.05) is 24.7 Å². The van der Waals surface area contributed by atoms with Gasteiger partial charge in [-0.2, -0.15) is 5.26 Å². The number of anilines is 1. The molecule has 1 aromatic heterocycles. The zero-order valence-corrected chi connectivity index (χ0v) is 11.7. The van der Waals surface area contributed by atoms with Gasteiger partial charge in [-0.15, -0.1) is 0 Å². The van der Waals surface area contributed by atoms with Gasteiger partial charge in [-0.05, 0) is 37.1 Å². The lowest BCUT2D eigenvalue weighted by atomic mass is 9.97. The van der Waals surface area contributed by atoms with Crippen LogP contribution >= 0.6 is 0 Å². The minimum absolute atomic E-state index is 0.185. The van der Waals surface area contributed by atoms with Crippen LogP contribution in [0.15, 0.2) is 36.5 Å². The van der Waals surface area contributed by atoms with Gasteiger partial charge in [-0.25, -0.2) is 14.4 Å². The highest BCUT2D eigenvalue weighted by atomic mass is 19.1. The maximum Gasteiger partial charge on any atom is 0.234 e. The molecule has 0 aliphatic carbocycles. The molecule has 0 saturated carbocycles. The topological polar surface area (TPSA) is 52.8 Å². The lowest BCUT2D eigenvalue weighted by Crippen LogP contribution is -2.27. The molecule has 2 aromatic rings. The van der Waals surface area contributed by atoms with Gasteiger partial charge in [0.15, 0.2) is 0 Å². The summed E-state index contributed by atoms with van der Waals surface area (Å²) in [6.07, 6.45) is 2.59. The van der Waals surface area contributed by atoms with Gasteiger partial charge >= 0.3 is 0 Å². The second kappa shape index (κ2) is 5.49. The Bertz CT molecular complexity index is 677. The van der Waals surface area contributed by atoms with Crippen LogP contribution in [-0.2, 0) is 0 Å². The molecule has 1 aliphatic rings. The van der Waals surface area contributed by atoms with E-state index in [-0.39, 0.29) is 11.6 Å². The molecule has 0 radical (unpaired) electrons. The van der Waals surface area contributed by atoms with Crippen LogP contribution in [-0.4, -0.2) is 22.6 Å². The molecule has 0 N–H and O–H groups in total. The summed E-state index contributed by atoms with van der Waals surface area (Å²) in [7, 11) is 0. The summed E-state index contributed by atoms with van der Waals surface area (Å²) in [6, 6.07) is 10.8. The molecule has 1 fully saturated rings. The summed E-state index contributed by atoms with van der Waals surface area (Å²) in [5.74, 6) is 1.10. The first-order valence-electron chi connectivity index (χ1n) is 6.92. The minimum atomic E-state index is -0.212. The van der Waals surface area contributed by atoms with E-state index in [1.807, 2.05) is 24.3 Å². The molecule has 21 heavy (non-hydrogen) atoms. The number of rotatable bonds is 2. The second-order valence-corrected chi connectivity index (χ2v) is 5.34. The highest BCUT2D eigenvalue weighted by Gasteiger charge is 2.31. The lowest BCUT2D eigenvalue weighted by molar-refractivity contribution is 0.625. The Morgan fingerprint density at radius 3 is 2.76 bits per heavy atom. The fourth-order valence-corrected chi connectivity index (χ4v) is 2.89. The van der Waals surface area contributed by atoms with Crippen molar-refractivity contribution in [2.75, 3.05) is 11.4 Å². The zero-order valence-electron chi connectivity index (χ0n) is 11.7. The number of hydrogen-bond donors (Lipinski definition) is 0. The van der Waals surface area contributed by atoms with Crippen LogP contribution in [0, 0.1) is 17.1 Å². The Labute approximate surface area is 122 Å². The number of aromatic nitrogens is 2. The van der Waals surface area contributed by atoms with E-state index < -0.39 is 0 Å². The van der Waals surface area contributed by atoms with Crippen LogP contribution in [0.5, 0.6) is 0 Å². The van der Waals surface area contributed by atoms with E-state index in [4.69, 9.17) is 5.26 Å². The summed E-state index contributed by atoms with van der Waals surface area (Å²) in [6.45, 7) is 2.95. The number of benzene rings is 1. The summed E-state index contributed by atoms with van der Waals surface area (Å²) in [4.78, 5) is 10.3. The van der Waals surface area contributed by atoms with Crippen LogP contribution in [0.2, 0.25) is 0 Å². The van der Waals surface area contributed by atoms with Gasteiger partial charge in [0.1, 0.15) is 17.7 Å². The maximum atomic E-state index is 13.0. The van der Waals surface area contributed by atoms with Crippen molar-refractivity contribution in [3.05, 3.63) is 53.7 Å². The predicted octanol–water partition coefficient (Wildman–Crippen LogP) is 2.87. The van der Waals surface area contributed by atoms with Crippen molar-refractivity contribution in [2.45, 2.75) is 25.3 Å². The molecule has 4 nitrogen and oxygen atoms in total. The van der Waals surface area contributed by atoms with E-state index in [2.05, 4.69) is 21.8 Å². The van der Waals surface area contributed by atoms with Gasteiger partial charge in [0.2, 0.25) is 5.82 Å². The van der Waals surface area contributed by atoms with Crippen LogP contribution < -0.4 is 4.90 Å². The molecule has 2 unspecified atom stereocenters. The van der Waals surface area contributed by atoms with E-state index in [1.165, 1.54) is 12.1 Å². The van der Waals surface area contributed by atoms with Crippen molar-refractivity contribution >= 4 is 5.82 Å². The summed E-state index contributed by atoms with van der Waals surface area (Å²) in [5, 5.41) is 8.90. The van der Waals surface area contributed by atoms with Crippen molar-refractivity contribution in [3.63, 3.8) is 0 Å². The van der Waals surface area contributed by atoms with Gasteiger partial charge < -0.3 is 4.90 Å². The number of nitriles is 1. The van der Waals surface area contributed by atoms with Crippen molar-refractivity contribution in [1.82, 2.24) is 9.97 Å². The standard InChI is InChI=1S/C16H15FN4/c1-11-8-13(12-2-4-14(17)5-3-12)10-21(11)16-6-7-19-15(9-18)20-16/h2-7,11,13H,8,10H2,1H3. The van der Waals surface area contributed by atoms with Crippen molar-refractivity contribution < 1.29 is 4.39 Å². The first kappa shape index (κ1) is 13.5. The second-order valence-electron chi connectivity index (χ2n) is 5.34. The van der Waals surface area contributed by atoms with E-state index >= 15 is 0 Å². The van der Waals surface area contributed by atoms with Crippen molar-refractivity contribution in [2.24, 2.45) is 0 Å². The van der Waals surface area contributed by atoms with Crippen molar-refractivity contribution in [1.29, 1.82) is 5.26 Å². The third-order valence-electron chi connectivity index (χ3n) is 3.95. The quantitative estimate of drug-likeness (QED) is 0.850. The molecule has 106 valence electrons. The van der Waals surface area contributed by atoms with E-state index in [0.717, 1.165) is 24.3 Å². The Balaban J connectivity index is 1.82. The zero-order chi connectivity index (χ0) is 14.8. The Morgan fingerprint density at radius 1 is 1.29 bits per heavy atom. The molecule has 2 heterocycles. The Morgan fingerprint density at radius 2 is 2.05 bits per heavy atom.